The molecule has 1 rings (SSSR count). The maximum atomic E-state index is 11.5. The number of carbonyl (C=O) groups excluding carboxylic acids is 1. The second-order valence-corrected chi connectivity index (χ2v) is 4.05. The molecule has 5 heteroatoms. The first-order chi connectivity index (χ1) is 7.41. The van der Waals surface area contributed by atoms with Crippen LogP contribution in [0.4, 0.5) is 11.5 Å². The fraction of sp³-hybridized carbons (Fsp3) is 0.455. The lowest BCUT2D eigenvalue weighted by molar-refractivity contribution is -0.127. The molecule has 5 nitrogen and oxygen atoms in total. The van der Waals surface area contributed by atoms with E-state index in [0.717, 1.165) is 11.4 Å². The molecule has 0 aromatic carbocycles. The molecule has 0 spiro atoms. The summed E-state index contributed by atoms with van der Waals surface area (Å²) < 4.78 is 0. The van der Waals surface area contributed by atoms with Gasteiger partial charge >= 0.3 is 0 Å². The Morgan fingerprint density at radius 1 is 1.44 bits per heavy atom. The van der Waals surface area contributed by atoms with Crippen LogP contribution in [0.25, 0.3) is 0 Å². The summed E-state index contributed by atoms with van der Waals surface area (Å²) in [6.45, 7) is 2.24. The van der Waals surface area contributed by atoms with Crippen molar-refractivity contribution in [2.45, 2.75) is 6.92 Å². The number of anilines is 2. The van der Waals surface area contributed by atoms with Crippen molar-refractivity contribution in [1.82, 2.24) is 9.88 Å². The minimum Gasteiger partial charge on any atom is -0.397 e. The normalized spacial score (nSPS) is 10.0. The SMILES string of the molecule is Cc1cc(N)cnc1N(C)CC(=O)N(C)C. The van der Waals surface area contributed by atoms with Crippen molar-refractivity contribution in [3.05, 3.63) is 17.8 Å². The standard InChI is InChI=1S/C11H18N4O/c1-8-5-9(12)6-13-11(8)15(4)7-10(16)14(2)3/h5-6H,7,12H2,1-4H3. The van der Waals surface area contributed by atoms with E-state index in [4.69, 9.17) is 5.73 Å². The molecule has 88 valence electrons. The van der Waals surface area contributed by atoms with Gasteiger partial charge in [-0.15, -0.1) is 0 Å². The molecule has 1 aromatic heterocycles. The van der Waals surface area contributed by atoms with Crippen LogP contribution in [0.5, 0.6) is 0 Å². The zero-order chi connectivity index (χ0) is 12.3. The van der Waals surface area contributed by atoms with Crippen molar-refractivity contribution in [3.8, 4) is 0 Å². The maximum Gasteiger partial charge on any atom is 0.241 e. The van der Waals surface area contributed by atoms with Crippen LogP contribution in [0.1, 0.15) is 5.56 Å². The van der Waals surface area contributed by atoms with Gasteiger partial charge < -0.3 is 15.5 Å². The summed E-state index contributed by atoms with van der Waals surface area (Å²) in [5.74, 6) is 0.824. The molecule has 0 aliphatic heterocycles. The molecule has 0 unspecified atom stereocenters. The number of aryl methyl sites for hydroxylation is 1. The molecule has 1 aromatic rings. The fourth-order valence-corrected chi connectivity index (χ4v) is 1.41. The van der Waals surface area contributed by atoms with E-state index < -0.39 is 0 Å². The number of aromatic nitrogens is 1. The lowest BCUT2D eigenvalue weighted by Crippen LogP contribution is -2.35. The number of rotatable bonds is 3. The summed E-state index contributed by atoms with van der Waals surface area (Å²) in [5, 5.41) is 0. The van der Waals surface area contributed by atoms with Gasteiger partial charge in [0.15, 0.2) is 0 Å². The Labute approximate surface area is 95.9 Å². The predicted molar refractivity (Wildman–Crippen MR) is 65.4 cm³/mol. The summed E-state index contributed by atoms with van der Waals surface area (Å²) in [6, 6.07) is 1.85. The molecule has 0 aliphatic carbocycles. The van der Waals surface area contributed by atoms with Gasteiger partial charge in [-0.05, 0) is 18.6 Å². The summed E-state index contributed by atoms with van der Waals surface area (Å²) in [6.07, 6.45) is 1.60. The molecule has 0 radical (unpaired) electrons. The lowest BCUT2D eigenvalue weighted by atomic mass is 10.2. The highest BCUT2D eigenvalue weighted by molar-refractivity contribution is 5.80. The Hall–Kier alpha value is -1.78. The van der Waals surface area contributed by atoms with E-state index in [-0.39, 0.29) is 5.91 Å². The third-order valence-electron chi connectivity index (χ3n) is 2.30. The Morgan fingerprint density at radius 2 is 2.06 bits per heavy atom. The molecule has 1 amide bonds. The first kappa shape index (κ1) is 12.3. The van der Waals surface area contributed by atoms with Crippen LogP contribution in [0.3, 0.4) is 0 Å². The number of amides is 1. The second kappa shape index (κ2) is 4.83. The first-order valence-corrected chi connectivity index (χ1v) is 5.05. The molecule has 2 N–H and O–H groups in total. The van der Waals surface area contributed by atoms with Crippen LogP contribution in [-0.4, -0.2) is 43.5 Å². The summed E-state index contributed by atoms with van der Waals surface area (Å²) in [7, 11) is 5.31. The minimum atomic E-state index is 0.0422. The van der Waals surface area contributed by atoms with Gasteiger partial charge in [0.1, 0.15) is 5.82 Å². The Balaban J connectivity index is 2.80. The molecule has 0 atom stereocenters. The van der Waals surface area contributed by atoms with Gasteiger partial charge in [-0.3, -0.25) is 4.79 Å². The highest BCUT2D eigenvalue weighted by Crippen LogP contribution is 2.17. The predicted octanol–water partition coefficient (Wildman–Crippen LogP) is 0.497. The lowest BCUT2D eigenvalue weighted by Gasteiger charge is -2.21. The van der Waals surface area contributed by atoms with Crippen molar-refractivity contribution >= 4 is 17.4 Å². The molecule has 0 fully saturated rings. The van der Waals surface area contributed by atoms with Crippen molar-refractivity contribution in [2.24, 2.45) is 0 Å². The third-order valence-corrected chi connectivity index (χ3v) is 2.30. The molecule has 0 saturated heterocycles. The highest BCUT2D eigenvalue weighted by Gasteiger charge is 2.11. The second-order valence-electron chi connectivity index (χ2n) is 4.05. The van der Waals surface area contributed by atoms with Crippen molar-refractivity contribution in [2.75, 3.05) is 38.3 Å². The number of nitrogens with two attached hydrogens (primary N) is 1. The fourth-order valence-electron chi connectivity index (χ4n) is 1.41. The van der Waals surface area contributed by atoms with Crippen LogP contribution in [0.15, 0.2) is 12.3 Å². The number of likely N-dealkylation sites (N-methyl/N-ethyl adjacent to an activating group) is 2. The van der Waals surface area contributed by atoms with Gasteiger partial charge in [0.25, 0.3) is 0 Å². The van der Waals surface area contributed by atoms with Gasteiger partial charge in [-0.25, -0.2) is 4.98 Å². The van der Waals surface area contributed by atoms with E-state index in [1.165, 1.54) is 0 Å². The molecule has 0 bridgehead atoms. The summed E-state index contributed by atoms with van der Waals surface area (Å²) in [5.41, 5.74) is 7.22. The van der Waals surface area contributed by atoms with Gasteiger partial charge in [0.05, 0.1) is 18.4 Å². The van der Waals surface area contributed by atoms with Crippen LogP contribution in [-0.2, 0) is 4.79 Å². The number of carbonyl (C=O) groups is 1. The summed E-state index contributed by atoms with van der Waals surface area (Å²) >= 11 is 0. The van der Waals surface area contributed by atoms with E-state index in [2.05, 4.69) is 4.98 Å². The van der Waals surface area contributed by atoms with Crippen molar-refractivity contribution in [3.63, 3.8) is 0 Å². The first-order valence-electron chi connectivity index (χ1n) is 5.05. The van der Waals surface area contributed by atoms with Crippen LogP contribution in [0, 0.1) is 6.92 Å². The average molecular weight is 222 g/mol. The van der Waals surface area contributed by atoms with E-state index in [1.54, 1.807) is 25.2 Å². The Kier molecular flexibility index (Phi) is 3.71. The van der Waals surface area contributed by atoms with E-state index in [9.17, 15) is 4.79 Å². The average Bonchev–Trinajstić information content (AvgIpc) is 2.16. The number of nitrogen functional groups attached to an aromatic ring is 1. The highest BCUT2D eigenvalue weighted by atomic mass is 16.2. The molecule has 0 saturated carbocycles. The largest absolute Gasteiger partial charge is 0.397 e. The maximum absolute atomic E-state index is 11.5. The van der Waals surface area contributed by atoms with E-state index in [0.29, 0.717) is 12.2 Å². The van der Waals surface area contributed by atoms with Crippen LogP contribution >= 0.6 is 0 Å². The monoisotopic (exact) mass is 222 g/mol. The minimum absolute atomic E-state index is 0.0422. The van der Waals surface area contributed by atoms with E-state index in [1.807, 2.05) is 24.9 Å². The van der Waals surface area contributed by atoms with Crippen molar-refractivity contribution in [1.29, 1.82) is 0 Å². The Morgan fingerprint density at radius 3 is 2.56 bits per heavy atom. The third kappa shape index (κ3) is 2.85. The number of hydrogen-bond acceptors (Lipinski definition) is 4. The smallest absolute Gasteiger partial charge is 0.241 e. The zero-order valence-corrected chi connectivity index (χ0v) is 10.2. The number of pyridine rings is 1. The van der Waals surface area contributed by atoms with Gasteiger partial charge in [-0.1, -0.05) is 0 Å². The van der Waals surface area contributed by atoms with E-state index >= 15 is 0 Å². The van der Waals surface area contributed by atoms with Gasteiger partial charge in [0, 0.05) is 21.1 Å². The Bertz CT molecular complexity index is 390. The van der Waals surface area contributed by atoms with Crippen molar-refractivity contribution < 1.29 is 4.79 Å². The topological polar surface area (TPSA) is 62.5 Å². The molecular weight excluding hydrogens is 204 g/mol. The molecule has 1 heterocycles. The van der Waals surface area contributed by atoms with Gasteiger partial charge in [0.2, 0.25) is 5.91 Å². The molecule has 0 aliphatic rings. The summed E-state index contributed by atoms with van der Waals surface area (Å²) in [4.78, 5) is 19.1. The molecule has 16 heavy (non-hydrogen) atoms. The zero-order valence-electron chi connectivity index (χ0n) is 10.2. The number of hydrogen-bond donors (Lipinski definition) is 1. The van der Waals surface area contributed by atoms with Crippen LogP contribution < -0.4 is 10.6 Å². The quantitative estimate of drug-likeness (QED) is 0.808. The van der Waals surface area contributed by atoms with Crippen LogP contribution in [0.2, 0.25) is 0 Å². The van der Waals surface area contributed by atoms with Gasteiger partial charge in [-0.2, -0.15) is 0 Å². The number of nitrogens with zero attached hydrogens (tertiary/aromatic N) is 3. The molecular formula is C11H18N4O.